The van der Waals surface area contributed by atoms with Gasteiger partial charge in [0.05, 0.1) is 24.9 Å². The van der Waals surface area contributed by atoms with Crippen LogP contribution in [0.5, 0.6) is 0 Å². The van der Waals surface area contributed by atoms with E-state index in [0.29, 0.717) is 25.7 Å². The van der Waals surface area contributed by atoms with Crippen LogP contribution in [0.2, 0.25) is 0 Å². The van der Waals surface area contributed by atoms with Crippen molar-refractivity contribution in [2.24, 2.45) is 5.10 Å². The molecule has 1 saturated heterocycles. The van der Waals surface area contributed by atoms with Crippen LogP contribution < -0.4 is 0 Å². The zero-order chi connectivity index (χ0) is 17.8. The van der Waals surface area contributed by atoms with Crippen molar-refractivity contribution in [3.63, 3.8) is 0 Å². The average Bonchev–Trinajstić information content (AvgIpc) is 3.08. The van der Waals surface area contributed by atoms with Gasteiger partial charge >= 0.3 is 0 Å². The van der Waals surface area contributed by atoms with Gasteiger partial charge < -0.3 is 5.11 Å². The van der Waals surface area contributed by atoms with Crippen LogP contribution >= 0.6 is 0 Å². The highest BCUT2D eigenvalue weighted by Crippen LogP contribution is 2.15. The van der Waals surface area contributed by atoms with E-state index in [0.717, 1.165) is 37.3 Å². The zero-order valence-corrected chi connectivity index (χ0v) is 15.1. The van der Waals surface area contributed by atoms with Gasteiger partial charge in [-0.2, -0.15) is 5.10 Å². The molecule has 0 saturated carbocycles. The molecule has 0 aliphatic carbocycles. The summed E-state index contributed by atoms with van der Waals surface area (Å²) in [5, 5.41) is 15.7. The van der Waals surface area contributed by atoms with Gasteiger partial charge in [-0.05, 0) is 19.4 Å². The van der Waals surface area contributed by atoms with E-state index in [9.17, 15) is 9.90 Å². The maximum absolute atomic E-state index is 12.6. The van der Waals surface area contributed by atoms with Crippen molar-refractivity contribution >= 4 is 11.6 Å². The van der Waals surface area contributed by atoms with E-state index in [1.165, 1.54) is 0 Å². The van der Waals surface area contributed by atoms with E-state index >= 15 is 0 Å². The number of hydrogen-bond acceptors (Lipinski definition) is 5. The van der Waals surface area contributed by atoms with Crippen LogP contribution in [0.25, 0.3) is 0 Å². The molecule has 0 spiro atoms. The fourth-order valence-electron chi connectivity index (χ4n) is 3.57. The zero-order valence-electron chi connectivity index (χ0n) is 15.1. The van der Waals surface area contributed by atoms with Gasteiger partial charge in [-0.3, -0.25) is 14.6 Å². The van der Waals surface area contributed by atoms with E-state index in [-0.39, 0.29) is 12.0 Å². The van der Waals surface area contributed by atoms with Gasteiger partial charge in [0.2, 0.25) is 0 Å². The Hall–Kier alpha value is -1.76. The van der Waals surface area contributed by atoms with E-state index in [1.807, 2.05) is 37.3 Å². The molecule has 0 bridgehead atoms. The Labute approximate surface area is 149 Å². The highest BCUT2D eigenvalue weighted by Gasteiger charge is 2.28. The molecule has 0 radical (unpaired) electrons. The molecule has 1 N–H and O–H groups in total. The van der Waals surface area contributed by atoms with E-state index < -0.39 is 0 Å². The molecule has 1 aromatic rings. The highest BCUT2D eigenvalue weighted by molar-refractivity contribution is 6.02. The van der Waals surface area contributed by atoms with Gasteiger partial charge in [-0.1, -0.05) is 30.3 Å². The van der Waals surface area contributed by atoms with Gasteiger partial charge in [-0.15, -0.1) is 0 Å². The molecule has 136 valence electrons. The fraction of sp³-hybridized carbons (Fsp3) is 0.579. The molecule has 1 aromatic carbocycles. The van der Waals surface area contributed by atoms with Gasteiger partial charge in [0, 0.05) is 38.6 Å². The number of benzene rings is 1. The standard InChI is InChI=1S/C19H28N4O2/c1-15-12-21(10-11-22(15)13-16(2)24)14-19(25)23-9-8-18(20-23)17-6-4-3-5-7-17/h3-7,15-16,24H,8-14H2,1-2H3/t15-,16-/m0/s1. The normalized spacial score (nSPS) is 23.6. The summed E-state index contributed by atoms with van der Waals surface area (Å²) in [6.45, 7) is 8.34. The molecule has 2 aliphatic rings. The Morgan fingerprint density at radius 1 is 1.28 bits per heavy atom. The number of hydrogen-bond donors (Lipinski definition) is 1. The Morgan fingerprint density at radius 3 is 2.72 bits per heavy atom. The Balaban J connectivity index is 1.53. The number of β-amino-alcohol motifs (C(OH)–C–C–N with tert-alkyl or cyclic N) is 1. The summed E-state index contributed by atoms with van der Waals surface area (Å²) in [5.41, 5.74) is 2.09. The van der Waals surface area contributed by atoms with Gasteiger partial charge in [-0.25, -0.2) is 5.01 Å². The number of rotatable bonds is 5. The molecule has 0 aromatic heterocycles. The summed E-state index contributed by atoms with van der Waals surface area (Å²) in [4.78, 5) is 17.1. The monoisotopic (exact) mass is 344 g/mol. The minimum Gasteiger partial charge on any atom is -0.392 e. The minimum atomic E-state index is -0.314. The molecule has 6 heteroatoms. The number of carbonyl (C=O) groups is 1. The van der Waals surface area contributed by atoms with Crippen molar-refractivity contribution in [1.82, 2.24) is 14.8 Å². The van der Waals surface area contributed by atoms with Crippen molar-refractivity contribution in [1.29, 1.82) is 0 Å². The van der Waals surface area contributed by atoms with E-state index in [2.05, 4.69) is 21.8 Å². The number of piperazine rings is 1. The number of amides is 1. The highest BCUT2D eigenvalue weighted by atomic mass is 16.3. The minimum absolute atomic E-state index is 0.0714. The van der Waals surface area contributed by atoms with Crippen molar-refractivity contribution < 1.29 is 9.90 Å². The number of carbonyl (C=O) groups excluding carboxylic acids is 1. The first kappa shape index (κ1) is 18.0. The average molecular weight is 344 g/mol. The first-order valence-electron chi connectivity index (χ1n) is 9.10. The van der Waals surface area contributed by atoms with Gasteiger partial charge in [0.25, 0.3) is 5.91 Å². The molecule has 2 heterocycles. The van der Waals surface area contributed by atoms with E-state index in [4.69, 9.17) is 0 Å². The van der Waals surface area contributed by atoms with Crippen molar-refractivity contribution in [3.8, 4) is 0 Å². The lowest BCUT2D eigenvalue weighted by Gasteiger charge is -2.40. The van der Waals surface area contributed by atoms with Crippen molar-refractivity contribution in [3.05, 3.63) is 35.9 Å². The molecular formula is C19H28N4O2. The number of nitrogens with zero attached hydrogens (tertiary/aromatic N) is 4. The Kier molecular flexibility index (Phi) is 5.83. The second-order valence-corrected chi connectivity index (χ2v) is 7.11. The molecule has 0 unspecified atom stereocenters. The number of aliphatic hydroxyl groups is 1. The summed E-state index contributed by atoms with van der Waals surface area (Å²) in [6.07, 6.45) is 0.500. The topological polar surface area (TPSA) is 59.4 Å². The molecule has 1 amide bonds. The van der Waals surface area contributed by atoms with Crippen LogP contribution in [0.1, 0.15) is 25.8 Å². The molecule has 6 nitrogen and oxygen atoms in total. The first-order valence-corrected chi connectivity index (χ1v) is 9.10. The first-order chi connectivity index (χ1) is 12.0. The SMILES string of the molecule is C[C@H](O)CN1CCN(CC(=O)N2CCC(c3ccccc3)=N2)C[C@@H]1C. The third-order valence-corrected chi connectivity index (χ3v) is 4.90. The smallest absolute Gasteiger partial charge is 0.256 e. The Morgan fingerprint density at radius 2 is 2.04 bits per heavy atom. The van der Waals surface area contributed by atoms with Crippen LogP contribution in [0, 0.1) is 0 Å². The lowest BCUT2D eigenvalue weighted by Crippen LogP contribution is -2.55. The lowest BCUT2D eigenvalue weighted by atomic mass is 10.1. The van der Waals surface area contributed by atoms with Gasteiger partial charge in [0.15, 0.2) is 0 Å². The van der Waals surface area contributed by atoms with Crippen LogP contribution in [0.15, 0.2) is 35.4 Å². The second kappa shape index (κ2) is 8.08. The summed E-state index contributed by atoms with van der Waals surface area (Å²) in [7, 11) is 0. The summed E-state index contributed by atoms with van der Waals surface area (Å²) >= 11 is 0. The third-order valence-electron chi connectivity index (χ3n) is 4.90. The summed E-state index contributed by atoms with van der Waals surface area (Å²) in [6, 6.07) is 10.4. The van der Waals surface area contributed by atoms with Crippen LogP contribution in [0.3, 0.4) is 0 Å². The number of aliphatic hydroxyl groups excluding tert-OH is 1. The second-order valence-electron chi connectivity index (χ2n) is 7.11. The maximum Gasteiger partial charge on any atom is 0.256 e. The predicted molar refractivity (Wildman–Crippen MR) is 98.5 cm³/mol. The predicted octanol–water partition coefficient (Wildman–Crippen LogP) is 1.01. The van der Waals surface area contributed by atoms with Gasteiger partial charge in [0.1, 0.15) is 0 Å². The molecule has 1 fully saturated rings. The number of hydrazone groups is 1. The maximum atomic E-state index is 12.6. The molecule has 25 heavy (non-hydrogen) atoms. The van der Waals surface area contributed by atoms with Crippen molar-refractivity contribution in [2.45, 2.75) is 32.4 Å². The largest absolute Gasteiger partial charge is 0.392 e. The molecule has 3 rings (SSSR count). The van der Waals surface area contributed by atoms with Crippen LogP contribution in [-0.2, 0) is 4.79 Å². The molecular weight excluding hydrogens is 316 g/mol. The summed E-state index contributed by atoms with van der Waals surface area (Å²) < 4.78 is 0. The molecule has 2 aliphatic heterocycles. The van der Waals surface area contributed by atoms with Crippen LogP contribution in [-0.4, -0.2) is 82.9 Å². The quantitative estimate of drug-likeness (QED) is 0.866. The molecule has 2 atom stereocenters. The van der Waals surface area contributed by atoms with E-state index in [1.54, 1.807) is 5.01 Å². The third kappa shape index (κ3) is 4.66. The summed E-state index contributed by atoms with van der Waals surface area (Å²) in [5.74, 6) is 0.0714. The fourth-order valence-corrected chi connectivity index (χ4v) is 3.57. The Bertz CT molecular complexity index is 617. The van der Waals surface area contributed by atoms with Crippen LogP contribution in [0.4, 0.5) is 0 Å². The lowest BCUT2D eigenvalue weighted by molar-refractivity contribution is -0.132. The van der Waals surface area contributed by atoms with Crippen molar-refractivity contribution in [2.75, 3.05) is 39.3 Å².